The molecule has 0 radical (unpaired) electrons. The quantitative estimate of drug-likeness (QED) is 0.605. The Kier molecular flexibility index (Phi) is 7.51. The lowest BCUT2D eigenvalue weighted by atomic mass is 9.90. The van der Waals surface area contributed by atoms with Crippen LogP contribution in [0.2, 0.25) is 0 Å². The molecule has 1 saturated heterocycles. The van der Waals surface area contributed by atoms with Gasteiger partial charge in [-0.25, -0.2) is 16.8 Å². The van der Waals surface area contributed by atoms with Crippen LogP contribution in [0.5, 0.6) is 0 Å². The summed E-state index contributed by atoms with van der Waals surface area (Å²) in [5.74, 6) is -0.729. The van der Waals surface area contributed by atoms with Crippen molar-refractivity contribution in [3.05, 3.63) is 66.2 Å². The number of carbonyl (C=O) groups excluding carboxylic acids is 1. The van der Waals surface area contributed by atoms with Gasteiger partial charge in [0.25, 0.3) is 0 Å². The lowest BCUT2D eigenvalue weighted by molar-refractivity contribution is -0.126. The van der Waals surface area contributed by atoms with E-state index in [9.17, 15) is 21.6 Å². The van der Waals surface area contributed by atoms with Crippen molar-refractivity contribution in [1.82, 2.24) is 9.62 Å². The molecule has 2 aromatic rings. The van der Waals surface area contributed by atoms with E-state index in [0.29, 0.717) is 19.3 Å². The summed E-state index contributed by atoms with van der Waals surface area (Å²) in [6.45, 7) is 0.324. The normalized spacial score (nSPS) is 20.3. The summed E-state index contributed by atoms with van der Waals surface area (Å²) in [5, 5.41) is 2.77. The monoisotopic (exact) mass is 464 g/mol. The first kappa shape index (κ1) is 23.4. The van der Waals surface area contributed by atoms with Gasteiger partial charge in [0.2, 0.25) is 15.9 Å². The summed E-state index contributed by atoms with van der Waals surface area (Å²) in [5.41, 5.74) is 0.897. The Bertz CT molecular complexity index is 1090. The molecule has 1 aliphatic rings. The molecule has 0 aromatic heterocycles. The first-order valence-corrected chi connectivity index (χ1v) is 13.8. The molecule has 2 atom stereocenters. The van der Waals surface area contributed by atoms with E-state index < -0.39 is 25.8 Å². The fourth-order valence-electron chi connectivity index (χ4n) is 3.84. The molecule has 0 saturated carbocycles. The van der Waals surface area contributed by atoms with Crippen LogP contribution in [-0.4, -0.2) is 52.1 Å². The number of sulfone groups is 1. The van der Waals surface area contributed by atoms with Gasteiger partial charge in [-0.15, -0.1) is 0 Å². The number of hydrogen-bond acceptors (Lipinski definition) is 5. The van der Waals surface area contributed by atoms with Gasteiger partial charge in [0.1, 0.15) is 9.84 Å². The molecule has 1 N–H and O–H groups in total. The number of hydrogen-bond donors (Lipinski definition) is 1. The van der Waals surface area contributed by atoms with Crippen molar-refractivity contribution < 1.29 is 21.6 Å². The molecule has 0 bridgehead atoms. The molecule has 0 unspecified atom stereocenters. The van der Waals surface area contributed by atoms with Gasteiger partial charge in [-0.1, -0.05) is 48.5 Å². The number of sulfonamides is 1. The molecule has 9 heteroatoms. The smallest absolute Gasteiger partial charge is 0.243 e. The summed E-state index contributed by atoms with van der Waals surface area (Å²) in [4.78, 5) is 12.9. The van der Waals surface area contributed by atoms with Crippen LogP contribution in [0.15, 0.2) is 65.6 Å². The van der Waals surface area contributed by atoms with Crippen LogP contribution in [0.3, 0.4) is 0 Å². The largest absolute Gasteiger partial charge is 0.356 e. The zero-order chi connectivity index (χ0) is 22.5. The Labute approximate surface area is 184 Å². The average molecular weight is 465 g/mol. The third-order valence-electron chi connectivity index (χ3n) is 5.43. The van der Waals surface area contributed by atoms with Gasteiger partial charge in [0.15, 0.2) is 0 Å². The Morgan fingerprint density at radius 1 is 0.968 bits per heavy atom. The number of nitrogens with one attached hydrogen (secondary N) is 1. The van der Waals surface area contributed by atoms with E-state index in [-0.39, 0.29) is 35.7 Å². The van der Waals surface area contributed by atoms with Crippen LogP contribution >= 0.6 is 0 Å². The van der Waals surface area contributed by atoms with E-state index in [2.05, 4.69) is 5.32 Å². The average Bonchev–Trinajstić information content (AvgIpc) is 2.76. The molecule has 0 spiro atoms. The van der Waals surface area contributed by atoms with Crippen molar-refractivity contribution in [3.8, 4) is 0 Å². The minimum atomic E-state index is -3.80. The van der Waals surface area contributed by atoms with Crippen LogP contribution in [0.25, 0.3) is 0 Å². The second kappa shape index (κ2) is 9.93. The molecular weight excluding hydrogens is 436 g/mol. The first-order valence-electron chi connectivity index (χ1n) is 10.3. The van der Waals surface area contributed by atoms with Crippen LogP contribution in [-0.2, 0) is 24.7 Å². The van der Waals surface area contributed by atoms with Crippen molar-refractivity contribution in [2.45, 2.75) is 30.2 Å². The summed E-state index contributed by atoms with van der Waals surface area (Å²) < 4.78 is 50.8. The van der Waals surface area contributed by atoms with E-state index >= 15 is 0 Å². The van der Waals surface area contributed by atoms with Gasteiger partial charge in [0.05, 0.1) is 22.6 Å². The second-order valence-electron chi connectivity index (χ2n) is 7.86. The van der Waals surface area contributed by atoms with Gasteiger partial charge < -0.3 is 5.32 Å². The number of amides is 1. The predicted molar refractivity (Wildman–Crippen MR) is 120 cm³/mol. The number of piperidine rings is 1. The highest BCUT2D eigenvalue weighted by atomic mass is 32.2. The van der Waals surface area contributed by atoms with Crippen LogP contribution in [0.1, 0.15) is 30.9 Å². The zero-order valence-electron chi connectivity index (χ0n) is 17.5. The Morgan fingerprint density at radius 3 is 2.19 bits per heavy atom. The molecule has 7 nitrogen and oxygen atoms in total. The summed E-state index contributed by atoms with van der Waals surface area (Å²) in [6, 6.07) is 17.4. The minimum Gasteiger partial charge on any atom is -0.356 e. The van der Waals surface area contributed by atoms with Gasteiger partial charge in [-0.2, -0.15) is 4.31 Å². The van der Waals surface area contributed by atoms with Crippen molar-refractivity contribution in [1.29, 1.82) is 0 Å². The lowest BCUT2D eigenvalue weighted by Crippen LogP contribution is -2.47. The fraction of sp³-hybridized carbons (Fsp3) is 0.409. The molecule has 1 aliphatic heterocycles. The predicted octanol–water partition coefficient (Wildman–Crippen LogP) is 2.38. The number of carbonyl (C=O) groups is 1. The maximum absolute atomic E-state index is 13.4. The Balaban J connectivity index is 1.78. The van der Waals surface area contributed by atoms with Crippen LogP contribution in [0.4, 0.5) is 0 Å². The van der Waals surface area contributed by atoms with Crippen molar-refractivity contribution in [2.24, 2.45) is 5.92 Å². The van der Waals surface area contributed by atoms with Crippen molar-refractivity contribution in [2.75, 3.05) is 25.1 Å². The number of benzene rings is 2. The van der Waals surface area contributed by atoms with E-state index in [1.165, 1.54) is 4.31 Å². The van der Waals surface area contributed by atoms with E-state index in [1.54, 1.807) is 30.3 Å². The van der Waals surface area contributed by atoms with E-state index in [0.717, 1.165) is 11.8 Å². The van der Waals surface area contributed by atoms with Gasteiger partial charge in [-0.05, 0) is 37.0 Å². The maximum atomic E-state index is 13.4. The van der Waals surface area contributed by atoms with Crippen LogP contribution in [0, 0.1) is 5.92 Å². The van der Waals surface area contributed by atoms with E-state index in [4.69, 9.17) is 0 Å². The molecule has 31 heavy (non-hydrogen) atoms. The highest BCUT2D eigenvalue weighted by molar-refractivity contribution is 7.90. The number of rotatable bonds is 8. The molecule has 168 valence electrons. The fourth-order valence-corrected chi connectivity index (χ4v) is 6.22. The Hall–Kier alpha value is -2.23. The molecular formula is C22H28N2O5S2. The summed E-state index contributed by atoms with van der Waals surface area (Å²) in [6.07, 6.45) is 2.57. The van der Waals surface area contributed by atoms with Crippen molar-refractivity contribution >= 4 is 25.8 Å². The van der Waals surface area contributed by atoms with Crippen molar-refractivity contribution in [3.63, 3.8) is 0 Å². The molecule has 1 amide bonds. The zero-order valence-corrected chi connectivity index (χ0v) is 19.1. The lowest BCUT2D eigenvalue weighted by Gasteiger charge is -2.38. The highest BCUT2D eigenvalue weighted by Gasteiger charge is 2.39. The van der Waals surface area contributed by atoms with Crippen LogP contribution < -0.4 is 5.32 Å². The highest BCUT2D eigenvalue weighted by Crippen LogP contribution is 2.37. The standard InChI is InChI=1S/C22H28N2O5S2/c1-30(26,27)16-8-15-23-22(25)19-13-14-21(18-9-4-2-5-10-18)24(17-19)31(28,29)20-11-6-3-7-12-20/h2-7,9-12,19,21H,8,13-17H2,1H3,(H,23,25)/t19-,21-/m1/s1. The molecule has 1 heterocycles. The molecule has 1 fully saturated rings. The first-order chi connectivity index (χ1) is 14.7. The van der Waals surface area contributed by atoms with Gasteiger partial charge >= 0.3 is 0 Å². The molecule has 2 aromatic carbocycles. The SMILES string of the molecule is CS(=O)(=O)CCCNC(=O)[C@@H]1CC[C@H](c2ccccc2)N(S(=O)(=O)c2ccccc2)C1. The molecule has 0 aliphatic carbocycles. The second-order valence-corrected chi connectivity index (χ2v) is 12.0. The van der Waals surface area contributed by atoms with Gasteiger partial charge in [0, 0.05) is 19.3 Å². The molecule has 3 rings (SSSR count). The maximum Gasteiger partial charge on any atom is 0.243 e. The topological polar surface area (TPSA) is 101 Å². The van der Waals surface area contributed by atoms with E-state index in [1.807, 2.05) is 30.3 Å². The summed E-state index contributed by atoms with van der Waals surface area (Å²) in [7, 11) is -6.88. The third-order valence-corrected chi connectivity index (χ3v) is 8.35. The Morgan fingerprint density at radius 2 is 1.58 bits per heavy atom. The summed E-state index contributed by atoms with van der Waals surface area (Å²) >= 11 is 0. The minimum absolute atomic E-state index is 0.00252. The number of nitrogens with zero attached hydrogens (tertiary/aromatic N) is 1. The third kappa shape index (κ3) is 6.15. The van der Waals surface area contributed by atoms with Gasteiger partial charge in [-0.3, -0.25) is 4.79 Å².